The number of pyridine rings is 1. The number of carbonyl (C=O) groups is 1. The second-order valence-corrected chi connectivity index (χ2v) is 5.45. The summed E-state index contributed by atoms with van der Waals surface area (Å²) in [4.78, 5) is 20.3. The molecule has 1 aromatic carbocycles. The van der Waals surface area contributed by atoms with Gasteiger partial charge in [0.15, 0.2) is 0 Å². The van der Waals surface area contributed by atoms with E-state index in [0.29, 0.717) is 19.4 Å². The van der Waals surface area contributed by atoms with E-state index in [1.54, 1.807) is 23.4 Å². The Morgan fingerprint density at radius 2 is 1.79 bits per heavy atom. The van der Waals surface area contributed by atoms with Crippen LogP contribution < -0.4 is 5.32 Å². The van der Waals surface area contributed by atoms with Gasteiger partial charge in [-0.05, 0) is 29.7 Å². The number of nitrogens with one attached hydrogen (secondary N) is 1. The van der Waals surface area contributed by atoms with Crippen LogP contribution in [0.3, 0.4) is 0 Å². The highest BCUT2D eigenvalue weighted by Gasteiger charge is 2.16. The summed E-state index contributed by atoms with van der Waals surface area (Å²) in [5.41, 5.74) is 2.06. The monoisotopic (exact) mass is 321 g/mol. The summed E-state index contributed by atoms with van der Waals surface area (Å²) >= 11 is 0. The number of carbonyl (C=O) groups excluding carboxylic acids is 1. The number of rotatable bonds is 7. The summed E-state index contributed by atoms with van der Waals surface area (Å²) in [6.45, 7) is 0.679. The highest BCUT2D eigenvalue weighted by Crippen LogP contribution is 2.21. The summed E-state index contributed by atoms with van der Waals surface area (Å²) in [6, 6.07) is 13.6. The summed E-state index contributed by atoms with van der Waals surface area (Å²) in [5, 5.41) is 7.15. The summed E-state index contributed by atoms with van der Waals surface area (Å²) in [6.07, 6.45) is 7.78. The fourth-order valence-electron chi connectivity index (χ4n) is 2.54. The molecule has 2 aromatic heterocycles. The van der Waals surface area contributed by atoms with Crippen molar-refractivity contribution in [2.75, 3.05) is 0 Å². The van der Waals surface area contributed by atoms with Crippen LogP contribution in [0.25, 0.3) is 0 Å². The number of nitrogens with zero attached hydrogens (tertiary/aromatic N) is 4. The molecule has 0 radical (unpaired) electrons. The lowest BCUT2D eigenvalue weighted by atomic mass is 9.99. The summed E-state index contributed by atoms with van der Waals surface area (Å²) < 4.78 is 1.73. The second kappa shape index (κ2) is 8.01. The maximum atomic E-state index is 12.4. The standard InChI is InChI=1S/C18H19N5O/c24-17(7-4-12-23-14-20-13-21-23)22-18(15-5-2-1-3-6-15)16-8-10-19-11-9-16/h1-3,5-6,8-11,13-14,18H,4,7,12H2,(H,22,24). The Hall–Kier alpha value is -3.02. The van der Waals surface area contributed by atoms with Crippen LogP contribution in [0.4, 0.5) is 0 Å². The van der Waals surface area contributed by atoms with Crippen LogP contribution in [0.15, 0.2) is 67.5 Å². The fraction of sp³-hybridized carbons (Fsp3) is 0.222. The van der Waals surface area contributed by atoms with Crippen molar-refractivity contribution in [2.24, 2.45) is 0 Å². The molecule has 0 spiro atoms. The van der Waals surface area contributed by atoms with Gasteiger partial charge in [-0.1, -0.05) is 30.3 Å². The molecule has 24 heavy (non-hydrogen) atoms. The molecule has 3 rings (SSSR count). The predicted molar refractivity (Wildman–Crippen MR) is 89.9 cm³/mol. The molecule has 1 atom stereocenters. The van der Waals surface area contributed by atoms with E-state index in [9.17, 15) is 4.79 Å². The first-order valence-electron chi connectivity index (χ1n) is 7.89. The molecule has 0 bridgehead atoms. The number of hydrogen-bond donors (Lipinski definition) is 1. The third kappa shape index (κ3) is 4.25. The summed E-state index contributed by atoms with van der Waals surface area (Å²) in [7, 11) is 0. The lowest BCUT2D eigenvalue weighted by molar-refractivity contribution is -0.121. The quantitative estimate of drug-likeness (QED) is 0.725. The van der Waals surface area contributed by atoms with Gasteiger partial charge in [-0.3, -0.25) is 14.5 Å². The number of amides is 1. The van der Waals surface area contributed by atoms with E-state index >= 15 is 0 Å². The molecule has 6 heteroatoms. The Balaban J connectivity index is 1.64. The van der Waals surface area contributed by atoms with Crippen LogP contribution in [0.2, 0.25) is 0 Å². The van der Waals surface area contributed by atoms with Gasteiger partial charge in [-0.2, -0.15) is 5.10 Å². The van der Waals surface area contributed by atoms with Crippen LogP contribution >= 0.6 is 0 Å². The normalized spacial score (nSPS) is 11.8. The van der Waals surface area contributed by atoms with E-state index in [4.69, 9.17) is 0 Å². The average Bonchev–Trinajstić information content (AvgIpc) is 3.15. The number of benzene rings is 1. The van der Waals surface area contributed by atoms with Gasteiger partial charge in [0.05, 0.1) is 6.04 Å². The zero-order valence-electron chi connectivity index (χ0n) is 13.2. The fourth-order valence-corrected chi connectivity index (χ4v) is 2.54. The Labute approximate surface area is 140 Å². The molecule has 1 N–H and O–H groups in total. The Morgan fingerprint density at radius 1 is 1.04 bits per heavy atom. The minimum atomic E-state index is -0.173. The molecule has 3 aromatic rings. The molecule has 0 saturated heterocycles. The summed E-state index contributed by atoms with van der Waals surface area (Å²) in [5.74, 6) is 0.0146. The van der Waals surface area contributed by atoms with Crippen molar-refractivity contribution in [1.82, 2.24) is 25.1 Å². The van der Waals surface area contributed by atoms with Crippen LogP contribution in [0, 0.1) is 0 Å². The third-order valence-corrected chi connectivity index (χ3v) is 3.74. The van der Waals surface area contributed by atoms with Crippen molar-refractivity contribution in [3.05, 3.63) is 78.6 Å². The molecule has 0 saturated carbocycles. The van der Waals surface area contributed by atoms with Crippen LogP contribution in [0.5, 0.6) is 0 Å². The van der Waals surface area contributed by atoms with Gasteiger partial charge in [0.2, 0.25) is 5.91 Å². The lowest BCUT2D eigenvalue weighted by Crippen LogP contribution is -2.29. The maximum Gasteiger partial charge on any atom is 0.220 e. The molecule has 6 nitrogen and oxygen atoms in total. The van der Waals surface area contributed by atoms with Gasteiger partial charge in [0.1, 0.15) is 12.7 Å². The lowest BCUT2D eigenvalue weighted by Gasteiger charge is -2.19. The largest absolute Gasteiger partial charge is 0.345 e. The second-order valence-electron chi connectivity index (χ2n) is 5.45. The van der Waals surface area contributed by atoms with Crippen LogP contribution in [-0.4, -0.2) is 25.7 Å². The van der Waals surface area contributed by atoms with E-state index in [2.05, 4.69) is 20.4 Å². The van der Waals surface area contributed by atoms with Gasteiger partial charge < -0.3 is 5.32 Å². The van der Waals surface area contributed by atoms with Gasteiger partial charge >= 0.3 is 0 Å². The smallest absolute Gasteiger partial charge is 0.220 e. The van der Waals surface area contributed by atoms with Crippen molar-refractivity contribution in [1.29, 1.82) is 0 Å². The van der Waals surface area contributed by atoms with Crippen molar-refractivity contribution in [2.45, 2.75) is 25.4 Å². The zero-order valence-corrected chi connectivity index (χ0v) is 13.2. The molecule has 0 fully saturated rings. The SMILES string of the molecule is O=C(CCCn1cncn1)NC(c1ccccc1)c1ccncc1. The first-order valence-corrected chi connectivity index (χ1v) is 7.89. The Bertz CT molecular complexity index is 704. The Morgan fingerprint density at radius 3 is 2.50 bits per heavy atom. The van der Waals surface area contributed by atoms with Crippen molar-refractivity contribution >= 4 is 5.91 Å². The molecule has 2 heterocycles. The average molecular weight is 321 g/mol. The minimum absolute atomic E-state index is 0.0146. The van der Waals surface area contributed by atoms with Crippen molar-refractivity contribution in [3.63, 3.8) is 0 Å². The van der Waals surface area contributed by atoms with Gasteiger partial charge in [0.25, 0.3) is 0 Å². The first-order chi connectivity index (χ1) is 11.8. The highest BCUT2D eigenvalue weighted by atomic mass is 16.1. The van der Waals surface area contributed by atoms with E-state index in [1.807, 2.05) is 42.5 Å². The van der Waals surface area contributed by atoms with Gasteiger partial charge in [-0.15, -0.1) is 0 Å². The van der Waals surface area contributed by atoms with Crippen LogP contribution in [0.1, 0.15) is 30.0 Å². The molecule has 0 aliphatic heterocycles. The van der Waals surface area contributed by atoms with Gasteiger partial charge in [-0.25, -0.2) is 4.98 Å². The van der Waals surface area contributed by atoms with E-state index < -0.39 is 0 Å². The highest BCUT2D eigenvalue weighted by molar-refractivity contribution is 5.76. The van der Waals surface area contributed by atoms with Crippen LogP contribution in [-0.2, 0) is 11.3 Å². The zero-order chi connectivity index (χ0) is 16.6. The topological polar surface area (TPSA) is 72.7 Å². The molecule has 122 valence electrons. The van der Waals surface area contributed by atoms with Crippen molar-refractivity contribution in [3.8, 4) is 0 Å². The molecular weight excluding hydrogens is 302 g/mol. The number of hydrogen-bond acceptors (Lipinski definition) is 4. The molecule has 0 aliphatic rings. The third-order valence-electron chi connectivity index (χ3n) is 3.74. The Kier molecular flexibility index (Phi) is 5.29. The number of aryl methyl sites for hydroxylation is 1. The minimum Gasteiger partial charge on any atom is -0.345 e. The van der Waals surface area contributed by atoms with E-state index in [1.165, 1.54) is 6.33 Å². The van der Waals surface area contributed by atoms with Gasteiger partial charge in [0, 0.05) is 25.4 Å². The maximum absolute atomic E-state index is 12.4. The first kappa shape index (κ1) is 15.9. The van der Waals surface area contributed by atoms with E-state index in [0.717, 1.165) is 11.1 Å². The van der Waals surface area contributed by atoms with E-state index in [-0.39, 0.29) is 11.9 Å². The predicted octanol–water partition coefficient (Wildman–Crippen LogP) is 2.36. The molecule has 1 unspecified atom stereocenters. The molecule has 1 amide bonds. The molecule has 0 aliphatic carbocycles. The molecular formula is C18H19N5O. The van der Waals surface area contributed by atoms with Crippen molar-refractivity contribution < 1.29 is 4.79 Å². The number of aromatic nitrogens is 4.